The van der Waals surface area contributed by atoms with Crippen molar-refractivity contribution >= 4 is 11.6 Å². The van der Waals surface area contributed by atoms with E-state index in [4.69, 9.17) is 9.47 Å². The van der Waals surface area contributed by atoms with Crippen LogP contribution in [0.5, 0.6) is 5.75 Å². The number of benzene rings is 2. The van der Waals surface area contributed by atoms with Gasteiger partial charge in [0.2, 0.25) is 0 Å². The van der Waals surface area contributed by atoms with Crippen LogP contribution in [0.15, 0.2) is 54.6 Å². The largest absolute Gasteiger partial charge is 0.491 e. The lowest BCUT2D eigenvalue weighted by atomic mass is 10.2. The fourth-order valence-corrected chi connectivity index (χ4v) is 3.37. The normalized spacial score (nSPS) is 16.0. The fourth-order valence-electron chi connectivity index (χ4n) is 3.37. The van der Waals surface area contributed by atoms with Gasteiger partial charge in [0.05, 0.1) is 6.10 Å². The highest BCUT2D eigenvalue weighted by Crippen LogP contribution is 2.17. The molecule has 0 aliphatic carbocycles. The molecule has 0 radical (unpaired) electrons. The molecule has 1 N–H and O–H groups in total. The average molecular weight is 383 g/mol. The molecule has 2 aromatic carbocycles. The molecule has 1 aliphatic heterocycles. The predicted octanol–water partition coefficient (Wildman–Crippen LogP) is 3.89. The van der Waals surface area contributed by atoms with Gasteiger partial charge < -0.3 is 19.7 Å². The zero-order valence-corrected chi connectivity index (χ0v) is 16.6. The summed E-state index contributed by atoms with van der Waals surface area (Å²) >= 11 is 0. The van der Waals surface area contributed by atoms with E-state index in [1.165, 1.54) is 5.69 Å². The number of nitrogens with zero attached hydrogens (tertiary/aromatic N) is 1. The molecule has 1 aliphatic rings. The lowest BCUT2D eigenvalue weighted by Crippen LogP contribution is -2.30. The van der Waals surface area contributed by atoms with E-state index in [1.807, 2.05) is 36.4 Å². The number of carbonyl (C=O) groups is 1. The van der Waals surface area contributed by atoms with Gasteiger partial charge in [0.15, 0.2) is 0 Å². The van der Waals surface area contributed by atoms with Gasteiger partial charge in [-0.1, -0.05) is 24.3 Å². The maximum absolute atomic E-state index is 12.4. The van der Waals surface area contributed by atoms with Crippen LogP contribution in [0.3, 0.4) is 0 Å². The number of amides is 1. The first kappa shape index (κ1) is 20.2. The Balaban J connectivity index is 1.42. The number of ether oxygens (including phenoxy) is 2. The number of carbonyl (C=O) groups excluding carboxylic acids is 1. The van der Waals surface area contributed by atoms with Crippen LogP contribution in [0.4, 0.5) is 5.69 Å². The first-order chi connectivity index (χ1) is 13.8. The summed E-state index contributed by atoms with van der Waals surface area (Å²) in [7, 11) is 0. The van der Waals surface area contributed by atoms with Crippen LogP contribution in [-0.4, -0.2) is 44.9 Å². The molecule has 150 valence electrons. The van der Waals surface area contributed by atoms with Gasteiger partial charge >= 0.3 is 0 Å². The van der Waals surface area contributed by atoms with Gasteiger partial charge in [0.1, 0.15) is 12.4 Å². The molecule has 1 fully saturated rings. The Kier molecular flexibility index (Phi) is 7.73. The highest BCUT2D eigenvalue weighted by Gasteiger charge is 2.16. The summed E-state index contributed by atoms with van der Waals surface area (Å²) in [5, 5.41) is 3.01. The van der Waals surface area contributed by atoms with E-state index in [1.54, 1.807) is 6.07 Å². The van der Waals surface area contributed by atoms with Gasteiger partial charge in [-0.15, -0.1) is 0 Å². The Morgan fingerprint density at radius 1 is 1.21 bits per heavy atom. The van der Waals surface area contributed by atoms with Crippen molar-refractivity contribution in [3.8, 4) is 5.75 Å². The van der Waals surface area contributed by atoms with Crippen LogP contribution in [0, 0.1) is 0 Å². The molecule has 0 bridgehead atoms. The third kappa shape index (κ3) is 5.99. The predicted molar refractivity (Wildman–Crippen MR) is 112 cm³/mol. The molecule has 0 aromatic heterocycles. The summed E-state index contributed by atoms with van der Waals surface area (Å²) in [4.78, 5) is 14.7. The Bertz CT molecular complexity index is 730. The second-order valence-corrected chi connectivity index (χ2v) is 7.00. The number of nitrogens with one attached hydrogen (secondary N) is 1. The second kappa shape index (κ2) is 10.7. The molecule has 5 heteroatoms. The van der Waals surface area contributed by atoms with Crippen molar-refractivity contribution in [1.29, 1.82) is 0 Å². The van der Waals surface area contributed by atoms with E-state index >= 15 is 0 Å². The highest BCUT2D eigenvalue weighted by atomic mass is 16.5. The Morgan fingerprint density at radius 3 is 2.82 bits per heavy atom. The lowest BCUT2D eigenvalue weighted by Gasteiger charge is -2.23. The molecule has 1 atom stereocenters. The van der Waals surface area contributed by atoms with Gasteiger partial charge in [0, 0.05) is 37.5 Å². The van der Waals surface area contributed by atoms with Gasteiger partial charge in [-0.3, -0.25) is 4.79 Å². The van der Waals surface area contributed by atoms with Crippen LogP contribution >= 0.6 is 0 Å². The SMILES string of the molecule is CCN(CCCNC(=O)c1cccc(OCC2CCCO2)c1)c1ccccc1. The molecule has 1 unspecified atom stereocenters. The first-order valence-electron chi connectivity index (χ1n) is 10.2. The molecule has 2 aromatic rings. The Hall–Kier alpha value is -2.53. The first-order valence-corrected chi connectivity index (χ1v) is 10.2. The van der Waals surface area contributed by atoms with Crippen molar-refractivity contribution in [3.05, 3.63) is 60.2 Å². The van der Waals surface area contributed by atoms with E-state index in [-0.39, 0.29) is 12.0 Å². The average Bonchev–Trinajstić information content (AvgIpc) is 3.27. The summed E-state index contributed by atoms with van der Waals surface area (Å²) in [6, 6.07) is 17.7. The van der Waals surface area contributed by atoms with Crippen LogP contribution in [0.1, 0.15) is 36.5 Å². The van der Waals surface area contributed by atoms with Gasteiger partial charge in [-0.2, -0.15) is 0 Å². The molecule has 1 amide bonds. The summed E-state index contributed by atoms with van der Waals surface area (Å²) in [5.74, 6) is 0.648. The Labute approximate surface area is 167 Å². The summed E-state index contributed by atoms with van der Waals surface area (Å²) in [6.45, 7) is 6.00. The smallest absolute Gasteiger partial charge is 0.251 e. The van der Waals surface area contributed by atoms with Gasteiger partial charge in [0.25, 0.3) is 5.91 Å². The van der Waals surface area contributed by atoms with Crippen LogP contribution in [0.25, 0.3) is 0 Å². The van der Waals surface area contributed by atoms with Gasteiger partial charge in [-0.05, 0) is 56.5 Å². The quantitative estimate of drug-likeness (QED) is 0.634. The minimum atomic E-state index is -0.0645. The Morgan fingerprint density at radius 2 is 2.07 bits per heavy atom. The maximum Gasteiger partial charge on any atom is 0.251 e. The molecular formula is C23H30N2O3. The van der Waals surface area contributed by atoms with Crippen molar-refractivity contribution in [1.82, 2.24) is 5.32 Å². The summed E-state index contributed by atoms with van der Waals surface area (Å²) in [6.07, 6.45) is 3.20. The molecule has 1 heterocycles. The number of hydrogen-bond donors (Lipinski definition) is 1. The van der Waals surface area contributed by atoms with Crippen LogP contribution < -0.4 is 15.0 Å². The van der Waals surface area contributed by atoms with Crippen molar-refractivity contribution in [3.63, 3.8) is 0 Å². The lowest BCUT2D eigenvalue weighted by molar-refractivity contribution is 0.0679. The van der Waals surface area contributed by atoms with E-state index in [2.05, 4.69) is 29.3 Å². The number of anilines is 1. The summed E-state index contributed by atoms with van der Waals surface area (Å²) < 4.78 is 11.4. The third-order valence-electron chi connectivity index (χ3n) is 4.95. The molecule has 0 spiro atoms. The van der Waals surface area contributed by atoms with E-state index < -0.39 is 0 Å². The summed E-state index contributed by atoms with van der Waals surface area (Å²) in [5.41, 5.74) is 1.84. The molecule has 3 rings (SSSR count). The van der Waals surface area contributed by atoms with Crippen molar-refractivity contribution in [2.24, 2.45) is 0 Å². The van der Waals surface area contributed by atoms with E-state index in [9.17, 15) is 4.79 Å². The van der Waals surface area contributed by atoms with Crippen LogP contribution in [-0.2, 0) is 4.74 Å². The number of para-hydroxylation sites is 1. The molecule has 0 saturated carbocycles. The fraction of sp³-hybridized carbons (Fsp3) is 0.435. The zero-order chi connectivity index (χ0) is 19.6. The van der Waals surface area contributed by atoms with Gasteiger partial charge in [-0.25, -0.2) is 0 Å². The van der Waals surface area contributed by atoms with E-state index in [0.717, 1.165) is 39.0 Å². The maximum atomic E-state index is 12.4. The molecule has 5 nitrogen and oxygen atoms in total. The van der Waals surface area contributed by atoms with Crippen LogP contribution in [0.2, 0.25) is 0 Å². The van der Waals surface area contributed by atoms with Crippen molar-refractivity contribution in [2.45, 2.75) is 32.3 Å². The molecule has 28 heavy (non-hydrogen) atoms. The molecule has 1 saturated heterocycles. The minimum Gasteiger partial charge on any atom is -0.491 e. The standard InChI is InChI=1S/C23H30N2O3/c1-2-25(20-10-4-3-5-11-20)15-8-14-24-23(26)19-9-6-12-21(17-19)28-18-22-13-7-16-27-22/h3-6,9-12,17,22H,2,7-8,13-16,18H2,1H3,(H,24,26). The number of hydrogen-bond acceptors (Lipinski definition) is 4. The molecular weight excluding hydrogens is 352 g/mol. The topological polar surface area (TPSA) is 50.8 Å². The van der Waals surface area contributed by atoms with E-state index in [0.29, 0.717) is 24.5 Å². The zero-order valence-electron chi connectivity index (χ0n) is 16.6. The minimum absolute atomic E-state index is 0.0645. The van der Waals surface area contributed by atoms with Crippen molar-refractivity contribution < 1.29 is 14.3 Å². The second-order valence-electron chi connectivity index (χ2n) is 7.00. The third-order valence-corrected chi connectivity index (χ3v) is 4.95. The highest BCUT2D eigenvalue weighted by molar-refractivity contribution is 5.94. The number of rotatable bonds is 10. The van der Waals surface area contributed by atoms with Crippen molar-refractivity contribution in [2.75, 3.05) is 37.7 Å². The monoisotopic (exact) mass is 382 g/mol.